The third kappa shape index (κ3) is 3.82. The van der Waals surface area contributed by atoms with Crippen molar-refractivity contribution in [2.45, 2.75) is 59.5 Å². The van der Waals surface area contributed by atoms with E-state index in [0.717, 1.165) is 36.2 Å². The monoisotopic (exact) mass is 301 g/mol. The van der Waals surface area contributed by atoms with Gasteiger partial charge in [-0.1, -0.05) is 27.7 Å². The molecule has 1 rings (SSSR count). The summed E-state index contributed by atoms with van der Waals surface area (Å²) >= 11 is 0. The maximum absolute atomic E-state index is 11.7. The molecule has 0 amide bonds. The van der Waals surface area contributed by atoms with Crippen LogP contribution in [-0.2, 0) is 29.2 Å². The highest BCUT2D eigenvalue weighted by molar-refractivity contribution is 7.91. The molecule has 6 heteroatoms. The van der Waals surface area contributed by atoms with Crippen LogP contribution in [0.4, 0.5) is 0 Å². The minimum absolute atomic E-state index is 0.0172. The summed E-state index contributed by atoms with van der Waals surface area (Å²) in [6, 6.07) is -0.0172. The van der Waals surface area contributed by atoms with Crippen LogP contribution in [0.25, 0.3) is 0 Å². The van der Waals surface area contributed by atoms with Gasteiger partial charge in [0.25, 0.3) is 0 Å². The standard InChI is InChI=1S/C14H27N3O2S/c1-5-11(15)14-12(6-2)16-17(13(14)7-3)9-10-20(18,19)8-4/h11H,5-10,15H2,1-4H3. The van der Waals surface area contributed by atoms with E-state index in [1.807, 2.05) is 4.68 Å². The first-order valence-electron chi connectivity index (χ1n) is 7.44. The Morgan fingerprint density at radius 1 is 1.20 bits per heavy atom. The molecule has 0 bridgehead atoms. The van der Waals surface area contributed by atoms with E-state index in [2.05, 4.69) is 25.9 Å². The molecule has 1 aromatic heterocycles. The number of aryl methyl sites for hydroxylation is 2. The average molecular weight is 301 g/mol. The van der Waals surface area contributed by atoms with E-state index >= 15 is 0 Å². The minimum Gasteiger partial charge on any atom is -0.324 e. The van der Waals surface area contributed by atoms with Crippen molar-refractivity contribution in [2.75, 3.05) is 11.5 Å². The Kier molecular flexibility index (Phi) is 6.20. The Bertz CT molecular complexity index is 535. The molecule has 0 saturated carbocycles. The largest absolute Gasteiger partial charge is 0.324 e. The lowest BCUT2D eigenvalue weighted by Gasteiger charge is -2.12. The van der Waals surface area contributed by atoms with Crippen LogP contribution in [0.1, 0.15) is 57.1 Å². The number of aromatic nitrogens is 2. The number of nitrogens with zero attached hydrogens (tertiary/aromatic N) is 2. The summed E-state index contributed by atoms with van der Waals surface area (Å²) in [5.74, 6) is 0.319. The Hall–Kier alpha value is -0.880. The first-order valence-corrected chi connectivity index (χ1v) is 9.26. The van der Waals surface area contributed by atoms with Crippen LogP contribution in [0.3, 0.4) is 0 Å². The van der Waals surface area contributed by atoms with Gasteiger partial charge in [-0.2, -0.15) is 5.10 Å². The summed E-state index contributed by atoms with van der Waals surface area (Å²) in [7, 11) is -2.97. The maximum atomic E-state index is 11.7. The molecule has 0 aromatic carbocycles. The van der Waals surface area contributed by atoms with Gasteiger partial charge in [0.05, 0.1) is 18.0 Å². The summed E-state index contributed by atoms with van der Waals surface area (Å²) in [4.78, 5) is 0. The molecule has 0 aliphatic carbocycles. The van der Waals surface area contributed by atoms with Crippen molar-refractivity contribution in [1.82, 2.24) is 9.78 Å². The molecule has 0 fully saturated rings. The van der Waals surface area contributed by atoms with E-state index in [-0.39, 0.29) is 17.5 Å². The molecule has 20 heavy (non-hydrogen) atoms. The molecule has 0 radical (unpaired) electrons. The zero-order valence-corrected chi connectivity index (χ0v) is 13.8. The smallest absolute Gasteiger partial charge is 0.151 e. The molecule has 5 nitrogen and oxygen atoms in total. The lowest BCUT2D eigenvalue weighted by Crippen LogP contribution is -2.18. The van der Waals surface area contributed by atoms with Gasteiger partial charge < -0.3 is 5.73 Å². The molecule has 0 spiro atoms. The summed E-state index contributed by atoms with van der Waals surface area (Å²) < 4.78 is 25.2. The molecule has 116 valence electrons. The normalized spacial score (nSPS) is 13.7. The maximum Gasteiger partial charge on any atom is 0.151 e. The molecule has 0 aliphatic heterocycles. The number of nitrogens with two attached hydrogens (primary N) is 1. The van der Waals surface area contributed by atoms with E-state index in [1.165, 1.54) is 0 Å². The Morgan fingerprint density at radius 3 is 2.30 bits per heavy atom. The van der Waals surface area contributed by atoms with Crippen molar-refractivity contribution in [3.63, 3.8) is 0 Å². The highest BCUT2D eigenvalue weighted by Crippen LogP contribution is 2.24. The van der Waals surface area contributed by atoms with Crippen molar-refractivity contribution >= 4 is 9.84 Å². The Labute approximate surface area is 122 Å². The lowest BCUT2D eigenvalue weighted by molar-refractivity contribution is 0.572. The van der Waals surface area contributed by atoms with Gasteiger partial charge in [-0.15, -0.1) is 0 Å². The fourth-order valence-corrected chi connectivity index (χ4v) is 3.13. The van der Waals surface area contributed by atoms with Gasteiger partial charge in [-0.25, -0.2) is 8.42 Å². The van der Waals surface area contributed by atoms with Gasteiger partial charge in [-0.3, -0.25) is 4.68 Å². The van der Waals surface area contributed by atoms with E-state index < -0.39 is 9.84 Å². The highest BCUT2D eigenvalue weighted by atomic mass is 32.2. The van der Waals surface area contributed by atoms with Crippen molar-refractivity contribution in [2.24, 2.45) is 5.73 Å². The predicted octanol–water partition coefficient (Wildman–Crippen LogP) is 1.85. The van der Waals surface area contributed by atoms with Gasteiger partial charge in [-0.05, 0) is 19.3 Å². The number of rotatable bonds is 8. The van der Waals surface area contributed by atoms with Crippen LogP contribution in [0, 0.1) is 0 Å². The van der Waals surface area contributed by atoms with Gasteiger partial charge in [0.1, 0.15) is 0 Å². The second-order valence-electron chi connectivity index (χ2n) is 4.99. The quantitative estimate of drug-likeness (QED) is 0.795. The van der Waals surface area contributed by atoms with Crippen molar-refractivity contribution in [3.8, 4) is 0 Å². The van der Waals surface area contributed by atoms with E-state index in [9.17, 15) is 8.42 Å². The van der Waals surface area contributed by atoms with Crippen LogP contribution in [-0.4, -0.2) is 29.7 Å². The van der Waals surface area contributed by atoms with Crippen molar-refractivity contribution < 1.29 is 8.42 Å². The third-order valence-corrected chi connectivity index (χ3v) is 5.39. The number of sulfone groups is 1. The van der Waals surface area contributed by atoms with Gasteiger partial charge in [0.15, 0.2) is 9.84 Å². The van der Waals surface area contributed by atoms with E-state index in [1.54, 1.807) is 6.92 Å². The SMILES string of the molecule is CCc1nn(CCS(=O)(=O)CC)c(CC)c1C(N)CC. The first-order chi connectivity index (χ1) is 9.40. The molecule has 1 unspecified atom stereocenters. The second kappa shape index (κ2) is 7.22. The summed E-state index contributed by atoms with van der Waals surface area (Å²) in [5.41, 5.74) is 9.40. The zero-order chi connectivity index (χ0) is 15.3. The zero-order valence-electron chi connectivity index (χ0n) is 13.0. The molecule has 0 saturated heterocycles. The van der Waals surface area contributed by atoms with Crippen LogP contribution in [0.5, 0.6) is 0 Å². The van der Waals surface area contributed by atoms with Crippen molar-refractivity contribution in [1.29, 1.82) is 0 Å². The van der Waals surface area contributed by atoms with E-state index in [4.69, 9.17) is 5.73 Å². The molecule has 2 N–H and O–H groups in total. The van der Waals surface area contributed by atoms with Crippen LogP contribution < -0.4 is 5.73 Å². The molecular formula is C14H27N3O2S. The molecule has 0 aliphatic rings. The topological polar surface area (TPSA) is 78.0 Å². The molecule has 1 heterocycles. The molecule has 1 aromatic rings. The summed E-state index contributed by atoms with van der Waals surface area (Å²) in [5, 5.41) is 4.58. The van der Waals surface area contributed by atoms with E-state index in [0.29, 0.717) is 6.54 Å². The third-order valence-electron chi connectivity index (χ3n) is 3.71. The van der Waals surface area contributed by atoms with Gasteiger partial charge >= 0.3 is 0 Å². The summed E-state index contributed by atoms with van der Waals surface area (Å²) in [6.45, 7) is 8.27. The molecular weight excluding hydrogens is 274 g/mol. The van der Waals surface area contributed by atoms with Gasteiger partial charge in [0.2, 0.25) is 0 Å². The van der Waals surface area contributed by atoms with Crippen molar-refractivity contribution in [3.05, 3.63) is 17.0 Å². The first kappa shape index (κ1) is 17.2. The minimum atomic E-state index is -2.97. The number of hydrogen-bond donors (Lipinski definition) is 1. The number of hydrogen-bond acceptors (Lipinski definition) is 4. The highest BCUT2D eigenvalue weighted by Gasteiger charge is 2.20. The second-order valence-corrected chi connectivity index (χ2v) is 7.46. The predicted molar refractivity (Wildman–Crippen MR) is 82.5 cm³/mol. The fourth-order valence-electron chi connectivity index (χ4n) is 2.39. The lowest BCUT2D eigenvalue weighted by atomic mass is 10.00. The van der Waals surface area contributed by atoms with Crippen LogP contribution >= 0.6 is 0 Å². The van der Waals surface area contributed by atoms with Crippen LogP contribution in [0.15, 0.2) is 0 Å². The average Bonchev–Trinajstić information content (AvgIpc) is 2.82. The summed E-state index contributed by atoms with van der Waals surface area (Å²) in [6.07, 6.45) is 2.50. The Morgan fingerprint density at radius 2 is 1.85 bits per heavy atom. The Balaban J connectivity index is 3.11. The molecule has 1 atom stereocenters. The van der Waals surface area contributed by atoms with Gasteiger partial charge in [0, 0.05) is 23.1 Å². The van der Waals surface area contributed by atoms with Crippen LogP contribution in [0.2, 0.25) is 0 Å². The fraction of sp³-hybridized carbons (Fsp3) is 0.786.